The summed E-state index contributed by atoms with van der Waals surface area (Å²) >= 11 is 0. The van der Waals surface area contributed by atoms with Crippen molar-refractivity contribution in [3.05, 3.63) is 36.0 Å². The summed E-state index contributed by atoms with van der Waals surface area (Å²) < 4.78 is 0. The first-order valence-electron chi connectivity index (χ1n) is 6.18. The lowest BCUT2D eigenvalue weighted by atomic mass is 10.1. The van der Waals surface area contributed by atoms with E-state index in [-0.39, 0.29) is 0 Å². The second kappa shape index (κ2) is 4.30. The second-order valence-corrected chi connectivity index (χ2v) is 4.81. The van der Waals surface area contributed by atoms with Gasteiger partial charge in [-0.25, -0.2) is 0 Å². The Morgan fingerprint density at radius 1 is 1.25 bits per heavy atom. The summed E-state index contributed by atoms with van der Waals surface area (Å²) in [7, 11) is 0. The zero-order chi connectivity index (χ0) is 10.8. The van der Waals surface area contributed by atoms with E-state index in [1.165, 1.54) is 35.7 Å². The van der Waals surface area contributed by atoms with Crippen LogP contribution >= 0.6 is 0 Å². The molecule has 0 atom stereocenters. The van der Waals surface area contributed by atoms with Crippen LogP contribution in [0.1, 0.15) is 24.8 Å². The molecule has 0 bridgehead atoms. The third-order valence-corrected chi connectivity index (χ3v) is 3.37. The smallest absolute Gasteiger partial charge is 0.0454 e. The first-order chi connectivity index (χ1) is 7.92. The van der Waals surface area contributed by atoms with Gasteiger partial charge in [0.25, 0.3) is 0 Å². The fourth-order valence-electron chi connectivity index (χ4n) is 2.16. The summed E-state index contributed by atoms with van der Waals surface area (Å²) in [4.78, 5) is 3.22. The molecule has 2 aromatic rings. The van der Waals surface area contributed by atoms with Crippen molar-refractivity contribution < 1.29 is 0 Å². The predicted molar refractivity (Wildman–Crippen MR) is 67.3 cm³/mol. The van der Waals surface area contributed by atoms with Crippen LogP contribution in [0.15, 0.2) is 30.5 Å². The van der Waals surface area contributed by atoms with Crippen molar-refractivity contribution in [2.45, 2.75) is 25.8 Å². The maximum atomic E-state index is 3.52. The normalized spacial score (nSPS) is 15.8. The van der Waals surface area contributed by atoms with Gasteiger partial charge in [-0.05, 0) is 48.0 Å². The van der Waals surface area contributed by atoms with E-state index < -0.39 is 0 Å². The minimum Gasteiger partial charge on any atom is -0.361 e. The molecule has 1 fully saturated rings. The van der Waals surface area contributed by atoms with Crippen molar-refractivity contribution in [3.8, 4) is 0 Å². The molecule has 3 rings (SSSR count). The number of hydrogen-bond acceptors (Lipinski definition) is 1. The van der Waals surface area contributed by atoms with Crippen LogP contribution in [0.2, 0.25) is 0 Å². The number of nitrogens with one attached hydrogen (secondary N) is 2. The fourth-order valence-corrected chi connectivity index (χ4v) is 2.16. The zero-order valence-electron chi connectivity index (χ0n) is 9.50. The van der Waals surface area contributed by atoms with Crippen molar-refractivity contribution in [1.82, 2.24) is 10.3 Å². The summed E-state index contributed by atoms with van der Waals surface area (Å²) in [5.41, 5.74) is 2.60. The Bertz CT molecular complexity index is 468. The van der Waals surface area contributed by atoms with E-state index in [1.807, 2.05) is 6.20 Å². The molecule has 1 aromatic heterocycles. The highest BCUT2D eigenvalue weighted by Gasteiger charge is 2.19. The molecule has 0 amide bonds. The number of aromatic amines is 1. The van der Waals surface area contributed by atoms with E-state index in [0.29, 0.717) is 0 Å². The van der Waals surface area contributed by atoms with E-state index in [1.54, 1.807) is 0 Å². The standard InChI is InChI=1S/C14H18N2/c1-2-11(1)5-7-15-10-12-3-4-14-13(9-12)6-8-16-14/h3-4,6,8-9,11,15-16H,1-2,5,7,10H2. The molecular formula is C14H18N2. The van der Waals surface area contributed by atoms with E-state index in [9.17, 15) is 0 Å². The highest BCUT2D eigenvalue weighted by atomic mass is 14.8. The first kappa shape index (κ1) is 9.91. The maximum absolute atomic E-state index is 3.52. The monoisotopic (exact) mass is 214 g/mol. The van der Waals surface area contributed by atoms with Gasteiger partial charge in [0.05, 0.1) is 0 Å². The molecule has 2 heteroatoms. The Kier molecular flexibility index (Phi) is 2.66. The molecular weight excluding hydrogens is 196 g/mol. The van der Waals surface area contributed by atoms with Crippen LogP contribution in [-0.2, 0) is 6.54 Å². The third-order valence-electron chi connectivity index (χ3n) is 3.37. The fraction of sp³-hybridized carbons (Fsp3) is 0.429. The molecule has 0 unspecified atom stereocenters. The first-order valence-corrected chi connectivity index (χ1v) is 6.18. The quantitative estimate of drug-likeness (QED) is 0.736. The summed E-state index contributed by atoms with van der Waals surface area (Å²) in [6.07, 6.45) is 6.26. The number of fused-ring (bicyclic) bond motifs is 1. The number of rotatable bonds is 5. The zero-order valence-corrected chi connectivity index (χ0v) is 9.50. The predicted octanol–water partition coefficient (Wildman–Crippen LogP) is 3.06. The molecule has 2 N–H and O–H groups in total. The topological polar surface area (TPSA) is 27.8 Å². The van der Waals surface area contributed by atoms with Gasteiger partial charge >= 0.3 is 0 Å². The molecule has 0 aliphatic heterocycles. The third kappa shape index (κ3) is 2.27. The van der Waals surface area contributed by atoms with Crippen LogP contribution in [-0.4, -0.2) is 11.5 Å². The van der Waals surface area contributed by atoms with Crippen molar-refractivity contribution in [1.29, 1.82) is 0 Å². The average molecular weight is 214 g/mol. The number of benzene rings is 1. The van der Waals surface area contributed by atoms with Gasteiger partial charge in [0.1, 0.15) is 0 Å². The molecule has 2 nitrogen and oxygen atoms in total. The lowest BCUT2D eigenvalue weighted by molar-refractivity contribution is 0.613. The Labute approximate surface area is 96.1 Å². The van der Waals surface area contributed by atoms with Gasteiger partial charge < -0.3 is 10.3 Å². The Hall–Kier alpha value is -1.28. The molecule has 1 aliphatic rings. The van der Waals surface area contributed by atoms with E-state index in [4.69, 9.17) is 0 Å². The van der Waals surface area contributed by atoms with Crippen LogP contribution in [0.3, 0.4) is 0 Å². The van der Waals surface area contributed by atoms with Gasteiger partial charge in [-0.2, -0.15) is 0 Å². The van der Waals surface area contributed by atoms with Crippen molar-refractivity contribution in [2.75, 3.05) is 6.54 Å². The van der Waals surface area contributed by atoms with Gasteiger partial charge in [0, 0.05) is 18.3 Å². The van der Waals surface area contributed by atoms with Crippen molar-refractivity contribution in [3.63, 3.8) is 0 Å². The molecule has 0 radical (unpaired) electrons. The molecule has 0 spiro atoms. The maximum Gasteiger partial charge on any atom is 0.0454 e. The van der Waals surface area contributed by atoms with Gasteiger partial charge in [-0.1, -0.05) is 18.9 Å². The molecule has 0 saturated heterocycles. The van der Waals surface area contributed by atoms with Gasteiger partial charge in [0.2, 0.25) is 0 Å². The molecule has 1 heterocycles. The summed E-state index contributed by atoms with van der Waals surface area (Å²) in [6, 6.07) is 8.75. The molecule has 1 aromatic carbocycles. The summed E-state index contributed by atoms with van der Waals surface area (Å²) in [6.45, 7) is 2.16. The van der Waals surface area contributed by atoms with E-state index in [2.05, 4.69) is 34.6 Å². The SMILES string of the molecule is c1cc2cc(CNCCC3CC3)ccc2[nH]1. The second-order valence-electron chi connectivity index (χ2n) is 4.81. The molecule has 84 valence electrons. The highest BCUT2D eigenvalue weighted by molar-refractivity contribution is 5.79. The number of aromatic nitrogens is 1. The Morgan fingerprint density at radius 3 is 3.06 bits per heavy atom. The lowest BCUT2D eigenvalue weighted by Gasteiger charge is -2.04. The van der Waals surface area contributed by atoms with Gasteiger partial charge in [0.15, 0.2) is 0 Å². The Balaban J connectivity index is 1.55. The summed E-state index contributed by atoms with van der Waals surface area (Å²) in [5, 5.41) is 4.83. The average Bonchev–Trinajstić information content (AvgIpc) is 3.01. The van der Waals surface area contributed by atoms with Crippen molar-refractivity contribution in [2.24, 2.45) is 5.92 Å². The van der Waals surface area contributed by atoms with Crippen LogP contribution in [0.25, 0.3) is 10.9 Å². The van der Waals surface area contributed by atoms with Crippen LogP contribution in [0.4, 0.5) is 0 Å². The lowest BCUT2D eigenvalue weighted by Crippen LogP contribution is -2.14. The minimum absolute atomic E-state index is 0.994. The van der Waals surface area contributed by atoms with E-state index in [0.717, 1.165) is 19.0 Å². The van der Waals surface area contributed by atoms with Gasteiger partial charge in [-0.3, -0.25) is 0 Å². The summed E-state index contributed by atoms with van der Waals surface area (Å²) in [5.74, 6) is 1.03. The van der Waals surface area contributed by atoms with Crippen LogP contribution in [0, 0.1) is 5.92 Å². The largest absolute Gasteiger partial charge is 0.361 e. The van der Waals surface area contributed by atoms with Crippen LogP contribution < -0.4 is 5.32 Å². The number of H-pyrrole nitrogens is 1. The molecule has 1 aliphatic carbocycles. The minimum atomic E-state index is 0.994. The molecule has 1 saturated carbocycles. The highest BCUT2D eigenvalue weighted by Crippen LogP contribution is 2.31. The van der Waals surface area contributed by atoms with E-state index >= 15 is 0 Å². The number of hydrogen-bond donors (Lipinski definition) is 2. The Morgan fingerprint density at radius 2 is 2.19 bits per heavy atom. The molecule has 16 heavy (non-hydrogen) atoms. The van der Waals surface area contributed by atoms with Gasteiger partial charge in [-0.15, -0.1) is 0 Å². The van der Waals surface area contributed by atoms with Crippen LogP contribution in [0.5, 0.6) is 0 Å². The van der Waals surface area contributed by atoms with Crippen molar-refractivity contribution >= 4 is 10.9 Å².